The Morgan fingerprint density at radius 1 is 1.11 bits per heavy atom. The molecule has 0 radical (unpaired) electrons. The highest BCUT2D eigenvalue weighted by Gasteiger charge is 2.27. The fourth-order valence-electron chi connectivity index (χ4n) is 3.93. The van der Waals surface area contributed by atoms with Crippen molar-refractivity contribution in [3.05, 3.63) is 29.8 Å². The number of nitrogens with zero attached hydrogens (tertiary/aromatic N) is 1. The van der Waals surface area contributed by atoms with Gasteiger partial charge < -0.3 is 10.6 Å². The van der Waals surface area contributed by atoms with Crippen LogP contribution in [0.5, 0.6) is 0 Å². The molecule has 3 rings (SSSR count). The van der Waals surface area contributed by atoms with Crippen molar-refractivity contribution in [1.29, 1.82) is 0 Å². The van der Waals surface area contributed by atoms with Crippen LogP contribution in [0.3, 0.4) is 0 Å². The number of rotatable bonds is 7. The van der Waals surface area contributed by atoms with Gasteiger partial charge in [-0.15, -0.1) is 0 Å². The summed E-state index contributed by atoms with van der Waals surface area (Å²) in [7, 11) is -3.49. The lowest BCUT2D eigenvalue weighted by Crippen LogP contribution is -2.36. The van der Waals surface area contributed by atoms with Crippen LogP contribution < -0.4 is 10.6 Å². The summed E-state index contributed by atoms with van der Waals surface area (Å²) < 4.78 is 27.6. The molecule has 2 fully saturated rings. The Kier molecular flexibility index (Phi) is 7.26. The molecule has 0 unspecified atom stereocenters. The second-order valence-corrected chi connectivity index (χ2v) is 9.49. The highest BCUT2D eigenvalue weighted by atomic mass is 32.2. The average Bonchev–Trinajstić information content (AvgIpc) is 2.72. The zero-order valence-electron chi connectivity index (χ0n) is 16.0. The monoisotopic (exact) mass is 393 g/mol. The van der Waals surface area contributed by atoms with E-state index in [9.17, 15) is 13.2 Å². The molecule has 1 aromatic carbocycles. The molecule has 1 amide bonds. The van der Waals surface area contributed by atoms with E-state index in [1.807, 2.05) is 6.07 Å². The van der Waals surface area contributed by atoms with Crippen molar-refractivity contribution >= 4 is 15.9 Å². The summed E-state index contributed by atoms with van der Waals surface area (Å²) in [5.74, 6) is 0.613. The lowest BCUT2D eigenvalue weighted by atomic mass is 9.93. The van der Waals surface area contributed by atoms with E-state index in [0.717, 1.165) is 51.6 Å². The molecular weight excluding hydrogens is 362 g/mol. The van der Waals surface area contributed by atoms with Crippen molar-refractivity contribution in [3.8, 4) is 0 Å². The maximum atomic E-state index is 13.0. The summed E-state index contributed by atoms with van der Waals surface area (Å²) in [5, 5.41) is 6.25. The maximum absolute atomic E-state index is 13.0. The first-order valence-corrected chi connectivity index (χ1v) is 11.6. The van der Waals surface area contributed by atoms with Gasteiger partial charge in [0.2, 0.25) is 15.9 Å². The van der Waals surface area contributed by atoms with Gasteiger partial charge in [0.15, 0.2) is 0 Å². The Morgan fingerprint density at radius 2 is 1.81 bits per heavy atom. The number of benzene rings is 1. The predicted octanol–water partition coefficient (Wildman–Crippen LogP) is 2.26. The molecule has 2 aliphatic heterocycles. The summed E-state index contributed by atoms with van der Waals surface area (Å²) in [6, 6.07) is 7.02. The molecule has 7 heteroatoms. The van der Waals surface area contributed by atoms with E-state index in [2.05, 4.69) is 10.6 Å². The van der Waals surface area contributed by atoms with Crippen LogP contribution >= 0.6 is 0 Å². The molecule has 0 aromatic heterocycles. The first-order valence-electron chi connectivity index (χ1n) is 10.1. The van der Waals surface area contributed by atoms with Crippen molar-refractivity contribution in [2.24, 2.45) is 5.92 Å². The standard InChI is InChI=1S/C20H31N3O3S/c24-20(9-8-17-10-12-21-13-11-17)22-16-18-6-2-3-7-19(18)27(25,26)23-14-4-1-5-15-23/h2-3,6-7,17,21H,1,4-5,8-16H2,(H,22,24). The molecule has 2 N–H and O–H groups in total. The van der Waals surface area contributed by atoms with Crippen molar-refractivity contribution in [1.82, 2.24) is 14.9 Å². The molecule has 27 heavy (non-hydrogen) atoms. The summed E-state index contributed by atoms with van der Waals surface area (Å²) in [6.07, 6.45) is 6.58. The molecule has 0 spiro atoms. The number of nitrogens with one attached hydrogen (secondary N) is 2. The smallest absolute Gasteiger partial charge is 0.243 e. The molecule has 2 saturated heterocycles. The SMILES string of the molecule is O=C(CCC1CCNCC1)NCc1ccccc1S(=O)(=O)N1CCCCC1. The molecule has 1 aromatic rings. The third-order valence-electron chi connectivity index (χ3n) is 5.62. The van der Waals surface area contributed by atoms with E-state index < -0.39 is 10.0 Å². The highest BCUT2D eigenvalue weighted by Crippen LogP contribution is 2.23. The van der Waals surface area contributed by atoms with Gasteiger partial charge in [-0.25, -0.2) is 8.42 Å². The molecule has 6 nitrogen and oxygen atoms in total. The topological polar surface area (TPSA) is 78.5 Å². The number of piperidine rings is 2. The fourth-order valence-corrected chi connectivity index (χ4v) is 5.67. The number of amides is 1. The van der Waals surface area contributed by atoms with Gasteiger partial charge in [0.1, 0.15) is 0 Å². The van der Waals surface area contributed by atoms with Gasteiger partial charge in [0.05, 0.1) is 4.90 Å². The first-order chi connectivity index (χ1) is 13.1. The van der Waals surface area contributed by atoms with Crippen LogP contribution in [0.4, 0.5) is 0 Å². The molecule has 0 aliphatic carbocycles. The summed E-state index contributed by atoms with van der Waals surface area (Å²) >= 11 is 0. The normalized spacial score (nSPS) is 19.7. The van der Waals surface area contributed by atoms with Crippen LogP contribution in [0.15, 0.2) is 29.2 Å². The van der Waals surface area contributed by atoms with E-state index in [-0.39, 0.29) is 12.5 Å². The van der Waals surface area contributed by atoms with Crippen LogP contribution in [-0.4, -0.2) is 44.8 Å². The Morgan fingerprint density at radius 3 is 2.56 bits per heavy atom. The van der Waals surface area contributed by atoms with Gasteiger partial charge in [-0.3, -0.25) is 4.79 Å². The van der Waals surface area contributed by atoms with Gasteiger partial charge >= 0.3 is 0 Å². The molecular formula is C20H31N3O3S. The van der Waals surface area contributed by atoms with E-state index in [1.54, 1.807) is 22.5 Å². The summed E-state index contributed by atoms with van der Waals surface area (Å²) in [4.78, 5) is 12.6. The lowest BCUT2D eigenvalue weighted by molar-refractivity contribution is -0.121. The van der Waals surface area contributed by atoms with Gasteiger partial charge in [-0.2, -0.15) is 4.31 Å². The van der Waals surface area contributed by atoms with Crippen molar-refractivity contribution < 1.29 is 13.2 Å². The number of hydrogen-bond acceptors (Lipinski definition) is 4. The Bertz CT molecular complexity index is 724. The van der Waals surface area contributed by atoms with Crippen LogP contribution in [0.1, 0.15) is 50.5 Å². The molecule has 2 aliphatic rings. The molecule has 150 valence electrons. The Labute approximate surface area is 162 Å². The number of sulfonamides is 1. The van der Waals surface area contributed by atoms with E-state index in [4.69, 9.17) is 0 Å². The minimum absolute atomic E-state index is 0.00120. The highest BCUT2D eigenvalue weighted by molar-refractivity contribution is 7.89. The molecule has 0 saturated carbocycles. The summed E-state index contributed by atoms with van der Waals surface area (Å²) in [5.41, 5.74) is 0.665. The molecule has 0 atom stereocenters. The van der Waals surface area contributed by atoms with E-state index in [0.29, 0.717) is 35.9 Å². The Balaban J connectivity index is 1.58. The zero-order chi connectivity index (χ0) is 19.1. The largest absolute Gasteiger partial charge is 0.352 e. The quantitative estimate of drug-likeness (QED) is 0.745. The summed E-state index contributed by atoms with van der Waals surface area (Å²) in [6.45, 7) is 3.49. The minimum atomic E-state index is -3.49. The second-order valence-electron chi connectivity index (χ2n) is 7.58. The molecule has 0 bridgehead atoms. The Hall–Kier alpha value is -1.44. The fraction of sp³-hybridized carbons (Fsp3) is 0.650. The van der Waals surface area contributed by atoms with Gasteiger partial charge in [0.25, 0.3) is 0 Å². The number of carbonyl (C=O) groups is 1. The third kappa shape index (κ3) is 5.53. The third-order valence-corrected chi connectivity index (χ3v) is 7.62. The zero-order valence-corrected chi connectivity index (χ0v) is 16.8. The van der Waals surface area contributed by atoms with Gasteiger partial charge in [0, 0.05) is 26.1 Å². The maximum Gasteiger partial charge on any atom is 0.243 e. The van der Waals surface area contributed by atoms with Gasteiger partial charge in [-0.1, -0.05) is 24.6 Å². The first kappa shape index (κ1) is 20.3. The van der Waals surface area contributed by atoms with Crippen LogP contribution in [0.25, 0.3) is 0 Å². The number of carbonyl (C=O) groups excluding carboxylic acids is 1. The van der Waals surface area contributed by atoms with Crippen molar-refractivity contribution in [3.63, 3.8) is 0 Å². The van der Waals surface area contributed by atoms with E-state index >= 15 is 0 Å². The predicted molar refractivity (Wildman–Crippen MR) is 106 cm³/mol. The van der Waals surface area contributed by atoms with Crippen molar-refractivity contribution in [2.45, 2.75) is 56.4 Å². The minimum Gasteiger partial charge on any atom is -0.352 e. The lowest BCUT2D eigenvalue weighted by Gasteiger charge is -2.27. The van der Waals surface area contributed by atoms with Crippen LogP contribution in [0, 0.1) is 5.92 Å². The number of hydrogen-bond donors (Lipinski definition) is 2. The van der Waals surface area contributed by atoms with Crippen molar-refractivity contribution in [2.75, 3.05) is 26.2 Å². The van der Waals surface area contributed by atoms with Gasteiger partial charge in [-0.05, 0) is 62.7 Å². The van der Waals surface area contributed by atoms with Crippen LogP contribution in [-0.2, 0) is 21.4 Å². The average molecular weight is 394 g/mol. The molecule has 2 heterocycles. The second kappa shape index (κ2) is 9.66. The van der Waals surface area contributed by atoms with Crippen LogP contribution in [0.2, 0.25) is 0 Å². The van der Waals surface area contributed by atoms with E-state index in [1.165, 1.54) is 0 Å².